The second kappa shape index (κ2) is 11.0. The molecule has 0 aliphatic heterocycles. The van der Waals surface area contributed by atoms with Crippen LogP contribution < -0.4 is 0 Å². The third-order valence-corrected chi connectivity index (χ3v) is 8.61. The molecule has 0 aromatic rings. The summed E-state index contributed by atoms with van der Waals surface area (Å²) in [5, 5.41) is 8.72. The van der Waals surface area contributed by atoms with Gasteiger partial charge in [0.05, 0.1) is 38.1 Å². The Labute approximate surface area is 140 Å². The minimum absolute atomic E-state index is 0.0953. The fraction of sp³-hybridized carbons (Fsp3) is 1.00. The van der Waals surface area contributed by atoms with Crippen molar-refractivity contribution >= 4 is 15.0 Å². The van der Waals surface area contributed by atoms with Gasteiger partial charge in [-0.2, -0.15) is 0 Å². The second-order valence-corrected chi connectivity index (χ2v) is 11.2. The predicted octanol–water partition coefficient (Wildman–Crippen LogP) is 3.70. The van der Waals surface area contributed by atoms with Crippen LogP contribution in [-0.4, -0.2) is 55.3 Å². The smallest absolute Gasteiger partial charge is 0.340 e. The van der Waals surface area contributed by atoms with Crippen LogP contribution in [0.5, 0.6) is 0 Å². The molecule has 0 spiro atoms. The Morgan fingerprint density at radius 1 is 0.826 bits per heavy atom. The molecule has 23 heavy (non-hydrogen) atoms. The van der Waals surface area contributed by atoms with E-state index in [1.807, 2.05) is 0 Å². The standard InChI is InChI=1S/C14H32O7P2/c1-12(2)19-22(16,10-9-18-8-7-15)11-23(17,20-13(3)4)21-14(5)6/h12-15H,7-11H2,1-6H3. The summed E-state index contributed by atoms with van der Waals surface area (Å²) in [7, 11) is -6.83. The van der Waals surface area contributed by atoms with Gasteiger partial charge in [-0.05, 0) is 41.5 Å². The Morgan fingerprint density at radius 3 is 1.70 bits per heavy atom. The number of aliphatic hydroxyl groups excluding tert-OH is 1. The Kier molecular flexibility index (Phi) is 11.1. The van der Waals surface area contributed by atoms with Gasteiger partial charge in [0.25, 0.3) is 0 Å². The molecule has 0 bridgehead atoms. The lowest BCUT2D eigenvalue weighted by molar-refractivity contribution is 0.100. The van der Waals surface area contributed by atoms with Gasteiger partial charge < -0.3 is 23.4 Å². The lowest BCUT2D eigenvalue weighted by Gasteiger charge is -2.28. The minimum atomic E-state index is -3.56. The van der Waals surface area contributed by atoms with Gasteiger partial charge in [-0.25, -0.2) is 0 Å². The van der Waals surface area contributed by atoms with Gasteiger partial charge in [0, 0.05) is 6.16 Å². The van der Waals surface area contributed by atoms with Crippen molar-refractivity contribution in [1.82, 2.24) is 0 Å². The molecule has 0 aromatic heterocycles. The second-order valence-electron chi connectivity index (χ2n) is 6.09. The SMILES string of the molecule is CC(C)OP(=O)(CCOCCO)CP(=O)(OC(C)C)OC(C)C. The largest absolute Gasteiger partial charge is 0.394 e. The summed E-state index contributed by atoms with van der Waals surface area (Å²) in [4.78, 5) is 0. The van der Waals surface area contributed by atoms with Crippen LogP contribution >= 0.6 is 15.0 Å². The fourth-order valence-corrected chi connectivity index (χ4v) is 8.00. The maximum atomic E-state index is 13.1. The molecule has 7 nitrogen and oxygen atoms in total. The number of hydrogen-bond acceptors (Lipinski definition) is 7. The van der Waals surface area contributed by atoms with E-state index in [1.54, 1.807) is 41.5 Å². The molecular weight excluding hydrogens is 342 g/mol. The van der Waals surface area contributed by atoms with E-state index >= 15 is 0 Å². The molecule has 0 aliphatic carbocycles. The van der Waals surface area contributed by atoms with E-state index in [9.17, 15) is 9.13 Å². The van der Waals surface area contributed by atoms with Crippen LogP contribution in [0.25, 0.3) is 0 Å². The lowest BCUT2D eigenvalue weighted by atomic mass is 10.5. The minimum Gasteiger partial charge on any atom is -0.394 e. The topological polar surface area (TPSA) is 91.3 Å². The van der Waals surface area contributed by atoms with Crippen molar-refractivity contribution in [3.05, 3.63) is 0 Å². The van der Waals surface area contributed by atoms with Crippen LogP contribution in [-0.2, 0) is 27.4 Å². The summed E-state index contributed by atoms with van der Waals surface area (Å²) >= 11 is 0. The molecule has 0 aromatic carbocycles. The Morgan fingerprint density at radius 2 is 1.30 bits per heavy atom. The summed E-state index contributed by atoms with van der Waals surface area (Å²) in [5.74, 6) is -0.281. The van der Waals surface area contributed by atoms with Crippen molar-refractivity contribution in [2.75, 3.05) is 31.9 Å². The third kappa shape index (κ3) is 11.4. The summed E-state index contributed by atoms with van der Waals surface area (Å²) in [6.07, 6.45) is -0.835. The Balaban J connectivity index is 5.11. The monoisotopic (exact) mass is 374 g/mol. The highest BCUT2D eigenvalue weighted by molar-refractivity contribution is 7.74. The van der Waals surface area contributed by atoms with E-state index in [4.69, 9.17) is 23.4 Å². The van der Waals surface area contributed by atoms with E-state index in [-0.39, 0.29) is 50.2 Å². The first-order valence-electron chi connectivity index (χ1n) is 7.93. The van der Waals surface area contributed by atoms with Gasteiger partial charge in [-0.1, -0.05) is 0 Å². The molecule has 1 N–H and O–H groups in total. The van der Waals surface area contributed by atoms with Gasteiger partial charge in [0.1, 0.15) is 5.90 Å². The van der Waals surface area contributed by atoms with Crippen LogP contribution in [0.3, 0.4) is 0 Å². The van der Waals surface area contributed by atoms with Crippen molar-refractivity contribution in [2.45, 2.75) is 59.9 Å². The highest BCUT2D eigenvalue weighted by Gasteiger charge is 2.39. The first kappa shape index (κ1) is 23.3. The molecule has 1 unspecified atom stereocenters. The zero-order valence-corrected chi connectivity index (χ0v) is 16.8. The molecule has 0 radical (unpaired) electrons. The lowest BCUT2D eigenvalue weighted by Crippen LogP contribution is -2.15. The van der Waals surface area contributed by atoms with Gasteiger partial charge in [-0.15, -0.1) is 0 Å². The molecule has 0 rings (SSSR count). The summed E-state index contributed by atoms with van der Waals surface area (Å²) < 4.78 is 47.6. The van der Waals surface area contributed by atoms with Crippen molar-refractivity contribution < 1.29 is 32.5 Å². The Bertz CT molecular complexity index is 396. The number of rotatable bonds is 13. The maximum absolute atomic E-state index is 13.1. The highest BCUT2D eigenvalue weighted by atomic mass is 31.2. The van der Waals surface area contributed by atoms with Gasteiger partial charge in [0.2, 0.25) is 7.37 Å². The average Bonchev–Trinajstić information content (AvgIpc) is 2.30. The van der Waals surface area contributed by atoms with Crippen LogP contribution in [0.15, 0.2) is 0 Å². The van der Waals surface area contributed by atoms with Gasteiger partial charge in [0.15, 0.2) is 0 Å². The van der Waals surface area contributed by atoms with Crippen LogP contribution in [0.1, 0.15) is 41.5 Å². The molecule has 1 atom stereocenters. The highest BCUT2D eigenvalue weighted by Crippen LogP contribution is 2.64. The van der Waals surface area contributed by atoms with Crippen molar-refractivity contribution in [3.8, 4) is 0 Å². The summed E-state index contributed by atoms with van der Waals surface area (Å²) in [5.41, 5.74) is 0. The molecule has 0 heterocycles. The van der Waals surface area contributed by atoms with Crippen molar-refractivity contribution in [1.29, 1.82) is 0 Å². The van der Waals surface area contributed by atoms with E-state index in [0.717, 1.165) is 0 Å². The molecule has 9 heteroatoms. The molecule has 0 fully saturated rings. The van der Waals surface area contributed by atoms with Crippen LogP contribution in [0.2, 0.25) is 0 Å². The van der Waals surface area contributed by atoms with Gasteiger partial charge >= 0.3 is 7.60 Å². The predicted molar refractivity (Wildman–Crippen MR) is 91.5 cm³/mol. The van der Waals surface area contributed by atoms with Crippen LogP contribution in [0.4, 0.5) is 0 Å². The quantitative estimate of drug-likeness (QED) is 0.388. The van der Waals surface area contributed by atoms with Crippen LogP contribution in [0, 0.1) is 0 Å². The van der Waals surface area contributed by atoms with E-state index < -0.39 is 15.0 Å². The fourth-order valence-electron chi connectivity index (χ4n) is 1.91. The summed E-state index contributed by atoms with van der Waals surface area (Å²) in [6.45, 7) is 10.7. The number of hydrogen-bond donors (Lipinski definition) is 1. The van der Waals surface area contributed by atoms with E-state index in [1.165, 1.54) is 0 Å². The van der Waals surface area contributed by atoms with Crippen molar-refractivity contribution in [2.24, 2.45) is 0 Å². The normalized spacial score (nSPS) is 15.6. The summed E-state index contributed by atoms with van der Waals surface area (Å²) in [6, 6.07) is 0. The maximum Gasteiger partial charge on any atom is 0.340 e. The number of ether oxygens (including phenoxy) is 1. The first-order chi connectivity index (χ1) is 10.5. The zero-order chi connectivity index (χ0) is 18.1. The molecular formula is C14H32O7P2. The zero-order valence-electron chi connectivity index (χ0n) is 15.1. The Hall–Kier alpha value is 0.260. The van der Waals surface area contributed by atoms with E-state index in [0.29, 0.717) is 0 Å². The van der Waals surface area contributed by atoms with Crippen molar-refractivity contribution in [3.63, 3.8) is 0 Å². The first-order valence-corrected chi connectivity index (χ1v) is 11.6. The number of aliphatic hydroxyl groups is 1. The molecule has 140 valence electrons. The van der Waals surface area contributed by atoms with E-state index in [2.05, 4.69) is 0 Å². The molecule has 0 saturated heterocycles. The third-order valence-electron chi connectivity index (χ3n) is 2.35. The molecule has 0 aliphatic rings. The van der Waals surface area contributed by atoms with Gasteiger partial charge in [-0.3, -0.25) is 9.13 Å². The molecule has 0 amide bonds. The molecule has 0 saturated carbocycles. The average molecular weight is 374 g/mol.